The zero-order chi connectivity index (χ0) is 13.8. The molecule has 0 saturated carbocycles. The van der Waals surface area contributed by atoms with Crippen LogP contribution in [0, 0.1) is 13.8 Å². The summed E-state index contributed by atoms with van der Waals surface area (Å²) in [6.45, 7) is 7.22. The molecule has 1 unspecified atom stereocenters. The molecule has 1 N–H and O–H groups in total. The van der Waals surface area contributed by atoms with Crippen LogP contribution in [0.2, 0.25) is 0 Å². The van der Waals surface area contributed by atoms with Crippen LogP contribution in [0.3, 0.4) is 0 Å². The lowest BCUT2D eigenvalue weighted by Crippen LogP contribution is -2.21. The first-order chi connectivity index (χ1) is 9.13. The second-order valence-electron chi connectivity index (χ2n) is 4.96. The summed E-state index contributed by atoms with van der Waals surface area (Å²) < 4.78 is 1.95. The van der Waals surface area contributed by atoms with Crippen LogP contribution in [0.5, 0.6) is 0 Å². The van der Waals surface area contributed by atoms with E-state index in [1.54, 1.807) is 6.33 Å². The van der Waals surface area contributed by atoms with Gasteiger partial charge in [-0.15, -0.1) is 0 Å². The third kappa shape index (κ3) is 3.20. The van der Waals surface area contributed by atoms with Gasteiger partial charge in [-0.2, -0.15) is 5.10 Å². The van der Waals surface area contributed by atoms with Gasteiger partial charge in [0, 0.05) is 19.0 Å². The number of hydrogen-bond donors (Lipinski definition) is 1. The first-order valence-electron chi connectivity index (χ1n) is 6.76. The standard InChI is InChI=1S/C15H22N4/c1-5-19-15(17-10-18-19)9-14(16-4)13-7-11(2)6-12(3)8-13/h6-8,10,14,16H,5,9H2,1-4H3. The summed E-state index contributed by atoms with van der Waals surface area (Å²) in [6, 6.07) is 6.94. The summed E-state index contributed by atoms with van der Waals surface area (Å²) in [7, 11) is 2.00. The fourth-order valence-corrected chi connectivity index (χ4v) is 2.49. The van der Waals surface area contributed by atoms with E-state index < -0.39 is 0 Å². The van der Waals surface area contributed by atoms with Crippen molar-refractivity contribution in [2.24, 2.45) is 0 Å². The van der Waals surface area contributed by atoms with E-state index in [0.29, 0.717) is 0 Å². The third-order valence-corrected chi connectivity index (χ3v) is 3.38. The van der Waals surface area contributed by atoms with Gasteiger partial charge in [0.25, 0.3) is 0 Å². The van der Waals surface area contributed by atoms with Crippen LogP contribution in [-0.2, 0) is 13.0 Å². The van der Waals surface area contributed by atoms with Gasteiger partial charge in [-0.05, 0) is 33.4 Å². The fraction of sp³-hybridized carbons (Fsp3) is 0.467. The molecule has 0 fully saturated rings. The molecule has 0 amide bonds. The van der Waals surface area contributed by atoms with E-state index in [2.05, 4.69) is 54.4 Å². The molecule has 19 heavy (non-hydrogen) atoms. The molecule has 0 radical (unpaired) electrons. The van der Waals surface area contributed by atoms with E-state index in [1.807, 2.05) is 11.7 Å². The van der Waals surface area contributed by atoms with Gasteiger partial charge in [-0.3, -0.25) is 4.68 Å². The fourth-order valence-electron chi connectivity index (χ4n) is 2.49. The normalized spacial score (nSPS) is 12.6. The molecule has 4 nitrogen and oxygen atoms in total. The molecular weight excluding hydrogens is 236 g/mol. The van der Waals surface area contributed by atoms with Crippen LogP contribution in [-0.4, -0.2) is 21.8 Å². The van der Waals surface area contributed by atoms with Crippen molar-refractivity contribution in [3.8, 4) is 0 Å². The molecule has 4 heteroatoms. The Labute approximate surface area is 114 Å². The number of nitrogens with one attached hydrogen (secondary N) is 1. The van der Waals surface area contributed by atoms with E-state index in [4.69, 9.17) is 0 Å². The quantitative estimate of drug-likeness (QED) is 0.895. The van der Waals surface area contributed by atoms with E-state index in [-0.39, 0.29) is 6.04 Å². The lowest BCUT2D eigenvalue weighted by molar-refractivity contribution is 0.533. The summed E-state index contributed by atoms with van der Waals surface area (Å²) in [6.07, 6.45) is 2.49. The minimum absolute atomic E-state index is 0.271. The van der Waals surface area contributed by atoms with Gasteiger partial charge in [-0.1, -0.05) is 29.3 Å². The number of aromatic nitrogens is 3. The maximum atomic E-state index is 4.36. The van der Waals surface area contributed by atoms with Crippen LogP contribution in [0.1, 0.15) is 35.5 Å². The van der Waals surface area contributed by atoms with Crippen LogP contribution < -0.4 is 5.32 Å². The van der Waals surface area contributed by atoms with Gasteiger partial charge in [0.15, 0.2) is 0 Å². The second-order valence-corrected chi connectivity index (χ2v) is 4.96. The zero-order valence-corrected chi connectivity index (χ0v) is 12.1. The maximum absolute atomic E-state index is 4.36. The Bertz CT molecular complexity index is 525. The Morgan fingerprint density at radius 3 is 2.47 bits per heavy atom. The van der Waals surface area contributed by atoms with Crippen LogP contribution in [0.25, 0.3) is 0 Å². The lowest BCUT2D eigenvalue weighted by atomic mass is 9.99. The zero-order valence-electron chi connectivity index (χ0n) is 12.1. The van der Waals surface area contributed by atoms with Crippen molar-refractivity contribution in [1.29, 1.82) is 0 Å². The predicted molar refractivity (Wildman–Crippen MR) is 77.1 cm³/mol. The number of rotatable bonds is 5. The molecule has 0 saturated heterocycles. The molecule has 1 aromatic heterocycles. The molecule has 2 aromatic rings. The van der Waals surface area contributed by atoms with Gasteiger partial charge in [0.2, 0.25) is 0 Å². The van der Waals surface area contributed by atoms with Crippen molar-refractivity contribution in [3.63, 3.8) is 0 Å². The summed E-state index contributed by atoms with van der Waals surface area (Å²) in [4.78, 5) is 4.36. The van der Waals surface area contributed by atoms with Crippen molar-refractivity contribution in [1.82, 2.24) is 20.1 Å². The highest BCUT2D eigenvalue weighted by Crippen LogP contribution is 2.20. The SMILES string of the molecule is CCn1ncnc1CC(NC)c1cc(C)cc(C)c1. The maximum Gasteiger partial charge on any atom is 0.138 e. The largest absolute Gasteiger partial charge is 0.313 e. The second kappa shape index (κ2) is 5.97. The van der Waals surface area contributed by atoms with E-state index in [9.17, 15) is 0 Å². The van der Waals surface area contributed by atoms with Crippen LogP contribution >= 0.6 is 0 Å². The Morgan fingerprint density at radius 1 is 1.21 bits per heavy atom. The van der Waals surface area contributed by atoms with Crippen molar-refractivity contribution in [3.05, 3.63) is 47.0 Å². The third-order valence-electron chi connectivity index (χ3n) is 3.38. The molecular formula is C15H22N4. The Hall–Kier alpha value is -1.68. The Morgan fingerprint density at radius 2 is 1.89 bits per heavy atom. The smallest absolute Gasteiger partial charge is 0.138 e. The molecule has 2 rings (SSSR count). The van der Waals surface area contributed by atoms with Crippen molar-refractivity contribution in [2.45, 2.75) is 39.8 Å². The van der Waals surface area contributed by atoms with E-state index in [0.717, 1.165) is 18.8 Å². The molecule has 1 heterocycles. The lowest BCUT2D eigenvalue weighted by Gasteiger charge is -2.17. The minimum atomic E-state index is 0.271. The summed E-state index contributed by atoms with van der Waals surface area (Å²) in [5, 5.41) is 7.61. The predicted octanol–water partition coefficient (Wildman–Crippen LogP) is 2.42. The Kier molecular flexibility index (Phi) is 4.32. The monoisotopic (exact) mass is 258 g/mol. The number of aryl methyl sites for hydroxylation is 3. The molecule has 0 aliphatic carbocycles. The summed E-state index contributed by atoms with van der Waals surface area (Å²) in [5.74, 6) is 1.03. The number of hydrogen-bond acceptors (Lipinski definition) is 3. The van der Waals surface area contributed by atoms with Gasteiger partial charge in [-0.25, -0.2) is 4.98 Å². The van der Waals surface area contributed by atoms with E-state index >= 15 is 0 Å². The molecule has 102 valence electrons. The highest BCUT2D eigenvalue weighted by atomic mass is 15.3. The summed E-state index contributed by atoms with van der Waals surface area (Å²) in [5.41, 5.74) is 3.91. The molecule has 0 bridgehead atoms. The van der Waals surface area contributed by atoms with Gasteiger partial charge >= 0.3 is 0 Å². The molecule has 0 spiro atoms. The van der Waals surface area contributed by atoms with E-state index in [1.165, 1.54) is 16.7 Å². The molecule has 1 atom stereocenters. The first-order valence-corrected chi connectivity index (χ1v) is 6.76. The van der Waals surface area contributed by atoms with Crippen molar-refractivity contribution < 1.29 is 0 Å². The molecule has 0 aliphatic rings. The first kappa shape index (κ1) is 13.7. The highest BCUT2D eigenvalue weighted by molar-refractivity contribution is 5.31. The van der Waals surface area contributed by atoms with Crippen molar-refractivity contribution in [2.75, 3.05) is 7.05 Å². The number of nitrogens with zero attached hydrogens (tertiary/aromatic N) is 3. The number of benzene rings is 1. The average Bonchev–Trinajstić information content (AvgIpc) is 2.81. The van der Waals surface area contributed by atoms with Gasteiger partial charge in [0.1, 0.15) is 12.2 Å². The van der Waals surface area contributed by atoms with Gasteiger partial charge in [0.05, 0.1) is 0 Å². The molecule has 1 aromatic carbocycles. The van der Waals surface area contributed by atoms with Gasteiger partial charge < -0.3 is 5.32 Å². The van der Waals surface area contributed by atoms with Crippen LogP contribution in [0.4, 0.5) is 0 Å². The average molecular weight is 258 g/mol. The van der Waals surface area contributed by atoms with Crippen LogP contribution in [0.15, 0.2) is 24.5 Å². The molecule has 0 aliphatic heterocycles. The van der Waals surface area contributed by atoms with Crippen molar-refractivity contribution >= 4 is 0 Å². The number of likely N-dealkylation sites (N-methyl/N-ethyl adjacent to an activating group) is 1. The minimum Gasteiger partial charge on any atom is -0.313 e. The highest BCUT2D eigenvalue weighted by Gasteiger charge is 2.14. The summed E-state index contributed by atoms with van der Waals surface area (Å²) >= 11 is 0. The Balaban J connectivity index is 2.25. The topological polar surface area (TPSA) is 42.7 Å².